The fraction of sp³-hybridized carbons (Fsp3) is 0.643. The molecule has 1 N–H and O–H groups in total. The molecule has 18 heavy (non-hydrogen) atoms. The van der Waals surface area contributed by atoms with Crippen LogP contribution in [-0.4, -0.2) is 35.5 Å². The first-order valence-corrected chi connectivity index (χ1v) is 7.71. The number of rotatable bonds is 5. The van der Waals surface area contributed by atoms with E-state index in [1.165, 1.54) is 17.7 Å². The Hall–Kier alpha value is -0.870. The smallest absolute Gasteiger partial charge is 0.240 e. The number of carbonyl (C=O) groups is 1. The summed E-state index contributed by atoms with van der Waals surface area (Å²) < 4.78 is 0. The number of hydrogen-bond donors (Lipinski definition) is 1. The molecule has 1 aromatic heterocycles. The highest BCUT2D eigenvalue weighted by Gasteiger charge is 2.37. The van der Waals surface area contributed by atoms with Gasteiger partial charge < -0.3 is 10.2 Å². The van der Waals surface area contributed by atoms with E-state index < -0.39 is 0 Å². The largest absolute Gasteiger partial charge is 0.338 e. The lowest BCUT2D eigenvalue weighted by Gasteiger charge is -2.24. The molecular weight excluding hydrogens is 244 g/mol. The first kappa shape index (κ1) is 12.2. The van der Waals surface area contributed by atoms with Crippen LogP contribution in [0.4, 0.5) is 0 Å². The summed E-state index contributed by atoms with van der Waals surface area (Å²) in [5.41, 5.74) is 0. The molecule has 2 fully saturated rings. The Morgan fingerprint density at radius 2 is 2.33 bits per heavy atom. The molecule has 1 aromatic rings. The van der Waals surface area contributed by atoms with Gasteiger partial charge in [-0.2, -0.15) is 0 Å². The van der Waals surface area contributed by atoms with E-state index in [1.54, 1.807) is 11.3 Å². The maximum absolute atomic E-state index is 12.3. The van der Waals surface area contributed by atoms with Crippen LogP contribution >= 0.6 is 11.3 Å². The lowest BCUT2D eigenvalue weighted by Crippen LogP contribution is -2.43. The van der Waals surface area contributed by atoms with Crippen molar-refractivity contribution in [1.29, 1.82) is 0 Å². The van der Waals surface area contributed by atoms with Gasteiger partial charge in [-0.05, 0) is 37.6 Å². The van der Waals surface area contributed by atoms with Crippen LogP contribution in [0.1, 0.15) is 31.1 Å². The fourth-order valence-electron chi connectivity index (χ4n) is 2.66. The summed E-state index contributed by atoms with van der Waals surface area (Å²) in [6.07, 6.45) is 4.45. The number of thiophene rings is 1. The first-order chi connectivity index (χ1) is 8.74. The Balaban J connectivity index is 1.57. The SMILES string of the molecule is CC(Cc1cccs1)N1CCC(NC2CC2)C1=O. The van der Waals surface area contributed by atoms with Crippen molar-refractivity contribution < 1.29 is 4.79 Å². The second-order valence-corrected chi connectivity index (χ2v) is 6.48. The predicted molar refractivity (Wildman–Crippen MR) is 73.8 cm³/mol. The summed E-state index contributed by atoms with van der Waals surface area (Å²) in [6.45, 7) is 3.08. The van der Waals surface area contributed by atoms with Crippen molar-refractivity contribution in [1.82, 2.24) is 10.2 Å². The Morgan fingerprint density at radius 1 is 1.50 bits per heavy atom. The lowest BCUT2D eigenvalue weighted by molar-refractivity contribution is -0.131. The molecule has 98 valence electrons. The number of nitrogens with one attached hydrogen (secondary N) is 1. The standard InChI is InChI=1S/C14H20N2OS/c1-10(9-12-3-2-8-18-12)16-7-6-13(14(16)17)15-11-4-5-11/h2-3,8,10-11,13,15H,4-7,9H2,1H3. The third kappa shape index (κ3) is 2.59. The van der Waals surface area contributed by atoms with E-state index in [4.69, 9.17) is 0 Å². The molecule has 1 saturated heterocycles. The van der Waals surface area contributed by atoms with Gasteiger partial charge in [-0.3, -0.25) is 4.79 Å². The molecule has 1 aliphatic carbocycles. The molecule has 1 aliphatic heterocycles. The summed E-state index contributed by atoms with van der Waals surface area (Å²) in [7, 11) is 0. The number of amides is 1. The van der Waals surface area contributed by atoms with Gasteiger partial charge in [-0.1, -0.05) is 6.07 Å². The average molecular weight is 264 g/mol. The molecule has 1 amide bonds. The van der Waals surface area contributed by atoms with Gasteiger partial charge in [0.25, 0.3) is 0 Å². The third-order valence-corrected chi connectivity index (χ3v) is 4.76. The summed E-state index contributed by atoms with van der Waals surface area (Å²) >= 11 is 1.78. The van der Waals surface area contributed by atoms with Crippen molar-refractivity contribution >= 4 is 17.2 Å². The van der Waals surface area contributed by atoms with Crippen molar-refractivity contribution in [2.45, 2.75) is 50.7 Å². The van der Waals surface area contributed by atoms with Gasteiger partial charge >= 0.3 is 0 Å². The van der Waals surface area contributed by atoms with Crippen molar-refractivity contribution in [3.8, 4) is 0 Å². The summed E-state index contributed by atoms with van der Waals surface area (Å²) in [5, 5.41) is 5.56. The van der Waals surface area contributed by atoms with E-state index >= 15 is 0 Å². The van der Waals surface area contributed by atoms with Crippen LogP contribution in [0.25, 0.3) is 0 Å². The molecule has 3 rings (SSSR count). The number of hydrogen-bond acceptors (Lipinski definition) is 3. The molecular formula is C14H20N2OS. The van der Waals surface area contributed by atoms with E-state index in [-0.39, 0.29) is 6.04 Å². The maximum Gasteiger partial charge on any atom is 0.240 e. The van der Waals surface area contributed by atoms with E-state index in [1.807, 2.05) is 0 Å². The minimum absolute atomic E-state index is 0.0864. The summed E-state index contributed by atoms with van der Waals surface area (Å²) in [4.78, 5) is 15.7. The van der Waals surface area contributed by atoms with Crippen LogP contribution < -0.4 is 5.32 Å². The van der Waals surface area contributed by atoms with Gasteiger partial charge in [-0.15, -0.1) is 11.3 Å². The highest BCUT2D eigenvalue weighted by atomic mass is 32.1. The quantitative estimate of drug-likeness (QED) is 0.882. The van der Waals surface area contributed by atoms with Crippen molar-refractivity contribution in [3.05, 3.63) is 22.4 Å². The number of carbonyl (C=O) groups excluding carboxylic acids is 1. The second-order valence-electron chi connectivity index (χ2n) is 5.45. The molecule has 3 nitrogen and oxygen atoms in total. The molecule has 1 saturated carbocycles. The van der Waals surface area contributed by atoms with E-state index in [9.17, 15) is 4.79 Å². The molecule has 2 heterocycles. The van der Waals surface area contributed by atoms with E-state index in [0.29, 0.717) is 18.0 Å². The second kappa shape index (κ2) is 5.02. The Labute approximate surface area is 112 Å². The average Bonchev–Trinajstić information content (AvgIpc) is 2.88. The minimum Gasteiger partial charge on any atom is -0.338 e. The Bertz CT molecular complexity index is 413. The van der Waals surface area contributed by atoms with Crippen LogP contribution in [0, 0.1) is 0 Å². The molecule has 4 heteroatoms. The number of nitrogens with zero attached hydrogens (tertiary/aromatic N) is 1. The molecule has 2 unspecified atom stereocenters. The predicted octanol–water partition coefficient (Wildman–Crippen LogP) is 2.03. The number of likely N-dealkylation sites (tertiary alicyclic amines) is 1. The summed E-state index contributed by atoms with van der Waals surface area (Å²) in [6, 6.07) is 5.26. The van der Waals surface area contributed by atoms with Gasteiger partial charge in [0, 0.05) is 29.9 Å². The van der Waals surface area contributed by atoms with Crippen LogP contribution in [0.15, 0.2) is 17.5 Å². The molecule has 0 spiro atoms. The monoisotopic (exact) mass is 264 g/mol. The lowest BCUT2D eigenvalue weighted by atomic mass is 10.2. The molecule has 2 aliphatic rings. The first-order valence-electron chi connectivity index (χ1n) is 6.83. The van der Waals surface area contributed by atoms with E-state index in [2.05, 4.69) is 34.7 Å². The molecule has 2 atom stereocenters. The zero-order valence-corrected chi connectivity index (χ0v) is 11.6. The van der Waals surface area contributed by atoms with Gasteiger partial charge in [0.2, 0.25) is 5.91 Å². The topological polar surface area (TPSA) is 32.3 Å². The molecule has 0 radical (unpaired) electrons. The van der Waals surface area contributed by atoms with Crippen LogP contribution in [0.5, 0.6) is 0 Å². The highest BCUT2D eigenvalue weighted by molar-refractivity contribution is 7.09. The maximum atomic E-state index is 12.3. The third-order valence-electron chi connectivity index (χ3n) is 3.86. The Morgan fingerprint density at radius 3 is 3.00 bits per heavy atom. The van der Waals surface area contributed by atoms with Crippen LogP contribution in [-0.2, 0) is 11.2 Å². The van der Waals surface area contributed by atoms with Crippen molar-refractivity contribution in [3.63, 3.8) is 0 Å². The molecule has 0 bridgehead atoms. The van der Waals surface area contributed by atoms with Gasteiger partial charge in [0.15, 0.2) is 0 Å². The highest BCUT2D eigenvalue weighted by Crippen LogP contribution is 2.24. The minimum atomic E-state index is 0.0864. The van der Waals surface area contributed by atoms with Gasteiger partial charge in [-0.25, -0.2) is 0 Å². The van der Waals surface area contributed by atoms with Crippen molar-refractivity contribution in [2.24, 2.45) is 0 Å². The van der Waals surface area contributed by atoms with Gasteiger partial charge in [0.05, 0.1) is 6.04 Å². The van der Waals surface area contributed by atoms with Gasteiger partial charge in [0.1, 0.15) is 0 Å². The zero-order chi connectivity index (χ0) is 12.5. The van der Waals surface area contributed by atoms with Crippen LogP contribution in [0.3, 0.4) is 0 Å². The Kier molecular flexibility index (Phi) is 3.39. The molecule has 0 aromatic carbocycles. The fourth-order valence-corrected chi connectivity index (χ4v) is 3.49. The summed E-state index contributed by atoms with van der Waals surface area (Å²) in [5.74, 6) is 0.311. The normalized spacial score (nSPS) is 25.7. The van der Waals surface area contributed by atoms with Crippen molar-refractivity contribution in [2.75, 3.05) is 6.54 Å². The van der Waals surface area contributed by atoms with Crippen LogP contribution in [0.2, 0.25) is 0 Å². The zero-order valence-electron chi connectivity index (χ0n) is 10.8. The van der Waals surface area contributed by atoms with E-state index in [0.717, 1.165) is 19.4 Å².